The van der Waals surface area contributed by atoms with Gasteiger partial charge in [0.25, 0.3) is 0 Å². The maximum atomic E-state index is 11.6. The first-order chi connectivity index (χ1) is 10.7. The number of esters is 1. The Labute approximate surface area is 126 Å². The van der Waals surface area contributed by atoms with Crippen LogP contribution < -0.4 is 5.32 Å². The highest BCUT2D eigenvalue weighted by Crippen LogP contribution is 2.16. The first-order valence-corrected chi connectivity index (χ1v) is 6.89. The van der Waals surface area contributed by atoms with E-state index in [1.807, 2.05) is 0 Å². The summed E-state index contributed by atoms with van der Waals surface area (Å²) in [5, 5.41) is 6.49. The van der Waals surface area contributed by atoms with E-state index in [9.17, 15) is 9.59 Å². The molecule has 22 heavy (non-hydrogen) atoms. The van der Waals surface area contributed by atoms with Crippen LogP contribution in [-0.2, 0) is 20.7 Å². The molecule has 0 saturated carbocycles. The van der Waals surface area contributed by atoms with Crippen molar-refractivity contribution in [1.82, 2.24) is 15.5 Å². The van der Waals surface area contributed by atoms with Crippen molar-refractivity contribution in [1.29, 1.82) is 0 Å². The molecule has 118 valence electrons. The van der Waals surface area contributed by atoms with E-state index in [1.165, 1.54) is 13.4 Å². The summed E-state index contributed by atoms with van der Waals surface area (Å²) in [6, 6.07) is 3.45. The number of amides is 1. The van der Waals surface area contributed by atoms with Crippen LogP contribution in [0.1, 0.15) is 25.2 Å². The molecule has 0 unspecified atom stereocenters. The monoisotopic (exact) mass is 307 g/mol. The van der Waals surface area contributed by atoms with Gasteiger partial charge in [-0.2, -0.15) is 4.98 Å². The first kappa shape index (κ1) is 15.7. The molecule has 8 heteroatoms. The predicted octanol–water partition coefficient (Wildman–Crippen LogP) is 1.33. The molecular weight excluding hydrogens is 290 g/mol. The summed E-state index contributed by atoms with van der Waals surface area (Å²) < 4.78 is 14.7. The van der Waals surface area contributed by atoms with Crippen molar-refractivity contribution >= 4 is 11.9 Å². The Bertz CT molecular complexity index is 606. The number of aromatic nitrogens is 2. The first-order valence-electron chi connectivity index (χ1n) is 6.89. The molecule has 0 aliphatic heterocycles. The van der Waals surface area contributed by atoms with Crippen molar-refractivity contribution in [2.45, 2.75) is 25.7 Å². The van der Waals surface area contributed by atoms with Crippen LogP contribution in [0.4, 0.5) is 0 Å². The third kappa shape index (κ3) is 4.72. The summed E-state index contributed by atoms with van der Waals surface area (Å²) in [5.74, 6) is 0.824. The number of methoxy groups -OCH3 is 1. The summed E-state index contributed by atoms with van der Waals surface area (Å²) in [7, 11) is 1.34. The number of carbonyl (C=O) groups excluding carboxylic acids is 2. The Morgan fingerprint density at radius 2 is 2.23 bits per heavy atom. The zero-order valence-electron chi connectivity index (χ0n) is 12.2. The van der Waals surface area contributed by atoms with Gasteiger partial charge >= 0.3 is 5.97 Å². The second-order valence-electron chi connectivity index (χ2n) is 4.52. The van der Waals surface area contributed by atoms with Crippen LogP contribution >= 0.6 is 0 Å². The Hall–Kier alpha value is -2.64. The fourth-order valence-corrected chi connectivity index (χ4v) is 1.73. The van der Waals surface area contributed by atoms with Gasteiger partial charge in [0.2, 0.25) is 17.6 Å². The van der Waals surface area contributed by atoms with Gasteiger partial charge in [-0.05, 0) is 18.6 Å². The van der Waals surface area contributed by atoms with Crippen molar-refractivity contribution in [3.05, 3.63) is 24.3 Å². The standard InChI is InChI=1S/C14H17N3O5/c1-20-13(19)5-2-8-15-11(18)6-7-12-16-14(17-22-12)10-4-3-9-21-10/h3-4,9H,2,5-8H2,1H3,(H,15,18). The van der Waals surface area contributed by atoms with Gasteiger partial charge in [-0.1, -0.05) is 5.16 Å². The Morgan fingerprint density at radius 3 is 2.95 bits per heavy atom. The van der Waals surface area contributed by atoms with Gasteiger partial charge in [-0.3, -0.25) is 9.59 Å². The molecule has 0 aliphatic rings. The van der Waals surface area contributed by atoms with Gasteiger partial charge in [0.05, 0.1) is 13.4 Å². The highest BCUT2D eigenvalue weighted by atomic mass is 16.5. The molecule has 2 aromatic heterocycles. The molecule has 2 rings (SSSR count). The minimum absolute atomic E-state index is 0.136. The average Bonchev–Trinajstić information content (AvgIpc) is 3.19. The molecule has 1 N–H and O–H groups in total. The van der Waals surface area contributed by atoms with Crippen LogP contribution in [-0.4, -0.2) is 35.7 Å². The fourth-order valence-electron chi connectivity index (χ4n) is 1.73. The third-order valence-corrected chi connectivity index (χ3v) is 2.88. The summed E-state index contributed by atoms with van der Waals surface area (Å²) in [4.78, 5) is 26.7. The van der Waals surface area contributed by atoms with Crippen molar-refractivity contribution in [3.8, 4) is 11.6 Å². The van der Waals surface area contributed by atoms with Crippen LogP contribution in [0.5, 0.6) is 0 Å². The van der Waals surface area contributed by atoms with Gasteiger partial charge in [0.15, 0.2) is 5.76 Å². The van der Waals surface area contributed by atoms with Crippen molar-refractivity contribution in [2.24, 2.45) is 0 Å². The molecule has 0 saturated heterocycles. The maximum absolute atomic E-state index is 11.6. The Kier molecular flexibility index (Phi) is 5.70. The van der Waals surface area contributed by atoms with E-state index in [4.69, 9.17) is 8.94 Å². The van der Waals surface area contributed by atoms with E-state index < -0.39 is 0 Å². The molecule has 0 aliphatic carbocycles. The molecular formula is C14H17N3O5. The largest absolute Gasteiger partial charge is 0.469 e. The van der Waals surface area contributed by atoms with Gasteiger partial charge in [0, 0.05) is 25.8 Å². The summed E-state index contributed by atoms with van der Waals surface area (Å²) in [6.45, 7) is 0.426. The third-order valence-electron chi connectivity index (χ3n) is 2.88. The van der Waals surface area contributed by atoms with Crippen LogP contribution in [0.3, 0.4) is 0 Å². The molecule has 2 aromatic rings. The smallest absolute Gasteiger partial charge is 0.305 e. The van der Waals surface area contributed by atoms with Crippen LogP contribution in [0.25, 0.3) is 11.6 Å². The van der Waals surface area contributed by atoms with Crippen molar-refractivity contribution in [3.63, 3.8) is 0 Å². The number of hydrogen-bond acceptors (Lipinski definition) is 7. The van der Waals surface area contributed by atoms with Crippen molar-refractivity contribution < 1.29 is 23.3 Å². The highest BCUT2D eigenvalue weighted by molar-refractivity contribution is 5.76. The maximum Gasteiger partial charge on any atom is 0.305 e. The van der Waals surface area contributed by atoms with E-state index in [-0.39, 0.29) is 24.7 Å². The number of nitrogens with one attached hydrogen (secondary N) is 1. The van der Waals surface area contributed by atoms with Crippen molar-refractivity contribution in [2.75, 3.05) is 13.7 Å². The lowest BCUT2D eigenvalue weighted by Crippen LogP contribution is -2.25. The highest BCUT2D eigenvalue weighted by Gasteiger charge is 2.12. The minimum Gasteiger partial charge on any atom is -0.469 e. The van der Waals surface area contributed by atoms with Gasteiger partial charge in [-0.25, -0.2) is 0 Å². The number of carbonyl (C=O) groups is 2. The van der Waals surface area contributed by atoms with Crippen LogP contribution in [0, 0.1) is 0 Å². The van der Waals surface area contributed by atoms with Gasteiger partial charge < -0.3 is 19.0 Å². The second-order valence-corrected chi connectivity index (χ2v) is 4.52. The molecule has 0 aromatic carbocycles. The van der Waals surface area contributed by atoms with E-state index in [1.54, 1.807) is 12.1 Å². The molecule has 0 fully saturated rings. The number of ether oxygens (including phenoxy) is 1. The normalized spacial score (nSPS) is 10.4. The zero-order chi connectivity index (χ0) is 15.8. The van der Waals surface area contributed by atoms with E-state index in [0.29, 0.717) is 36.9 Å². The lowest BCUT2D eigenvalue weighted by molar-refractivity contribution is -0.140. The summed E-state index contributed by atoms with van der Waals surface area (Å²) >= 11 is 0. The molecule has 0 bridgehead atoms. The number of hydrogen-bond donors (Lipinski definition) is 1. The van der Waals surface area contributed by atoms with E-state index in [0.717, 1.165) is 0 Å². The average molecular weight is 307 g/mol. The van der Waals surface area contributed by atoms with Crippen LogP contribution in [0.15, 0.2) is 27.3 Å². The molecule has 2 heterocycles. The number of rotatable bonds is 8. The minimum atomic E-state index is -0.287. The molecule has 8 nitrogen and oxygen atoms in total. The lowest BCUT2D eigenvalue weighted by Gasteiger charge is -2.03. The van der Waals surface area contributed by atoms with Gasteiger partial charge in [-0.15, -0.1) is 0 Å². The second kappa shape index (κ2) is 7.96. The summed E-state index contributed by atoms with van der Waals surface area (Å²) in [5.41, 5.74) is 0. The van der Waals surface area contributed by atoms with Gasteiger partial charge in [0.1, 0.15) is 0 Å². The number of aryl methyl sites for hydroxylation is 1. The van der Waals surface area contributed by atoms with Crippen LogP contribution in [0.2, 0.25) is 0 Å². The number of nitrogens with zero attached hydrogens (tertiary/aromatic N) is 2. The Balaban J connectivity index is 1.67. The Morgan fingerprint density at radius 1 is 1.36 bits per heavy atom. The molecule has 1 amide bonds. The molecule has 0 radical (unpaired) electrons. The predicted molar refractivity (Wildman–Crippen MR) is 74.6 cm³/mol. The lowest BCUT2D eigenvalue weighted by atomic mass is 10.2. The SMILES string of the molecule is COC(=O)CCCNC(=O)CCc1nc(-c2ccco2)no1. The quantitative estimate of drug-likeness (QED) is 0.579. The molecule has 0 atom stereocenters. The number of furan rings is 1. The van der Waals surface area contributed by atoms with E-state index in [2.05, 4.69) is 20.2 Å². The zero-order valence-corrected chi connectivity index (χ0v) is 12.2. The molecule has 0 spiro atoms. The topological polar surface area (TPSA) is 107 Å². The fraction of sp³-hybridized carbons (Fsp3) is 0.429. The summed E-state index contributed by atoms with van der Waals surface area (Å²) in [6.07, 6.45) is 2.93. The van der Waals surface area contributed by atoms with E-state index >= 15 is 0 Å².